The number of likely N-dealkylation sites (tertiary alicyclic amines) is 1. The molecule has 1 N–H and O–H groups in total. The largest absolute Gasteiger partial charge is 0.312 e. The Hall–Kier alpha value is -0.0800. The molecule has 3 atom stereocenters. The van der Waals surface area contributed by atoms with E-state index >= 15 is 0 Å². The molecule has 3 rings (SSSR count). The molecule has 0 spiro atoms. The van der Waals surface area contributed by atoms with Gasteiger partial charge in [-0.2, -0.15) is 0 Å². The Bertz CT molecular complexity index is 320. The number of rotatable bonds is 7. The zero-order valence-corrected chi connectivity index (χ0v) is 15.0. The normalized spacial score (nSPS) is 33.0. The first kappa shape index (κ1) is 16.8. The lowest BCUT2D eigenvalue weighted by Gasteiger charge is -2.47. The van der Waals surface area contributed by atoms with Crippen LogP contribution in [-0.4, -0.2) is 36.6 Å². The van der Waals surface area contributed by atoms with Gasteiger partial charge in [0.2, 0.25) is 0 Å². The van der Waals surface area contributed by atoms with Gasteiger partial charge in [0.15, 0.2) is 0 Å². The molecule has 3 aliphatic rings. The molecule has 128 valence electrons. The van der Waals surface area contributed by atoms with E-state index in [1.807, 2.05) is 0 Å². The van der Waals surface area contributed by atoms with Crippen LogP contribution in [0.15, 0.2) is 0 Å². The maximum Gasteiger partial charge on any atom is 0.0198 e. The van der Waals surface area contributed by atoms with E-state index in [0.29, 0.717) is 0 Å². The lowest BCUT2D eigenvalue weighted by molar-refractivity contribution is 0.0386. The first-order valence-corrected chi connectivity index (χ1v) is 10.3. The summed E-state index contributed by atoms with van der Waals surface area (Å²) in [6.45, 7) is 8.78. The van der Waals surface area contributed by atoms with Crippen LogP contribution in [-0.2, 0) is 0 Å². The molecular weight excluding hydrogens is 268 g/mol. The number of hydrogen-bond acceptors (Lipinski definition) is 2. The fourth-order valence-corrected chi connectivity index (χ4v) is 5.22. The van der Waals surface area contributed by atoms with Gasteiger partial charge >= 0.3 is 0 Å². The van der Waals surface area contributed by atoms with Crippen LogP contribution in [0.25, 0.3) is 0 Å². The minimum absolute atomic E-state index is 0.758. The quantitative estimate of drug-likeness (QED) is 0.748. The minimum Gasteiger partial charge on any atom is -0.312 e. The molecule has 0 aromatic heterocycles. The molecule has 0 radical (unpaired) electrons. The third kappa shape index (κ3) is 4.06. The molecule has 2 saturated carbocycles. The second-order valence-corrected chi connectivity index (χ2v) is 8.39. The van der Waals surface area contributed by atoms with Crippen molar-refractivity contribution in [2.45, 2.75) is 90.1 Å². The third-order valence-electron chi connectivity index (χ3n) is 6.89. The summed E-state index contributed by atoms with van der Waals surface area (Å²) in [7, 11) is 0. The average Bonchev–Trinajstić information content (AvgIpc) is 3.01. The summed E-state index contributed by atoms with van der Waals surface area (Å²) in [6, 6.07) is 1.63. The van der Waals surface area contributed by atoms with Gasteiger partial charge in [0, 0.05) is 25.2 Å². The summed E-state index contributed by atoms with van der Waals surface area (Å²) < 4.78 is 0. The van der Waals surface area contributed by atoms with E-state index in [9.17, 15) is 0 Å². The number of hydrogen-bond donors (Lipinski definition) is 1. The van der Waals surface area contributed by atoms with Crippen molar-refractivity contribution in [3.8, 4) is 0 Å². The van der Waals surface area contributed by atoms with Crippen LogP contribution in [0.2, 0.25) is 0 Å². The molecule has 1 saturated heterocycles. The molecule has 1 heterocycles. The van der Waals surface area contributed by atoms with Crippen LogP contribution in [0.4, 0.5) is 0 Å². The highest BCUT2D eigenvalue weighted by atomic mass is 15.2. The van der Waals surface area contributed by atoms with E-state index < -0.39 is 0 Å². The van der Waals surface area contributed by atoms with Crippen LogP contribution >= 0.6 is 0 Å². The molecule has 2 heteroatoms. The lowest BCUT2D eigenvalue weighted by Crippen LogP contribution is -2.55. The summed E-state index contributed by atoms with van der Waals surface area (Å²) in [4.78, 5) is 2.88. The predicted molar refractivity (Wildman–Crippen MR) is 95.1 cm³/mol. The van der Waals surface area contributed by atoms with Gasteiger partial charge in [0.1, 0.15) is 0 Å². The van der Waals surface area contributed by atoms with Gasteiger partial charge in [-0.15, -0.1) is 0 Å². The van der Waals surface area contributed by atoms with Crippen molar-refractivity contribution in [3.05, 3.63) is 0 Å². The summed E-state index contributed by atoms with van der Waals surface area (Å²) >= 11 is 0. The summed E-state index contributed by atoms with van der Waals surface area (Å²) in [5, 5.41) is 3.97. The Kier molecular flexibility index (Phi) is 6.21. The Morgan fingerprint density at radius 2 is 1.73 bits per heavy atom. The van der Waals surface area contributed by atoms with E-state index in [-0.39, 0.29) is 0 Å². The van der Waals surface area contributed by atoms with Crippen LogP contribution in [0.1, 0.15) is 78.1 Å². The van der Waals surface area contributed by atoms with E-state index in [4.69, 9.17) is 0 Å². The monoisotopic (exact) mass is 306 g/mol. The third-order valence-corrected chi connectivity index (χ3v) is 6.89. The van der Waals surface area contributed by atoms with Crippen molar-refractivity contribution in [1.82, 2.24) is 10.2 Å². The zero-order valence-electron chi connectivity index (χ0n) is 15.0. The molecule has 2 nitrogen and oxygen atoms in total. The Balaban J connectivity index is 1.53. The van der Waals surface area contributed by atoms with Crippen molar-refractivity contribution in [2.24, 2.45) is 17.8 Å². The van der Waals surface area contributed by atoms with E-state index in [0.717, 1.165) is 29.8 Å². The number of nitrogens with zero attached hydrogens (tertiary/aromatic N) is 1. The fraction of sp³-hybridized carbons (Fsp3) is 1.00. The van der Waals surface area contributed by atoms with Gasteiger partial charge in [0.05, 0.1) is 0 Å². The molecule has 22 heavy (non-hydrogen) atoms. The number of nitrogens with one attached hydrogen (secondary N) is 1. The van der Waals surface area contributed by atoms with Crippen molar-refractivity contribution in [1.29, 1.82) is 0 Å². The first-order valence-electron chi connectivity index (χ1n) is 10.3. The second kappa shape index (κ2) is 8.15. The standard InChI is InChI=1S/C20H38N2/c1-3-16-12-19(21-13-17-8-5-6-9-17)15-22(14-16)20(4-2)18-10-7-11-18/h16-21H,3-15H2,1-2H3. The van der Waals surface area contributed by atoms with E-state index in [2.05, 4.69) is 24.1 Å². The molecule has 1 aliphatic heterocycles. The van der Waals surface area contributed by atoms with E-state index in [1.165, 1.54) is 83.8 Å². The molecule has 3 unspecified atom stereocenters. The average molecular weight is 307 g/mol. The Morgan fingerprint density at radius 1 is 0.955 bits per heavy atom. The topological polar surface area (TPSA) is 15.3 Å². The Labute approximate surface area is 138 Å². The van der Waals surface area contributed by atoms with Crippen molar-refractivity contribution in [3.63, 3.8) is 0 Å². The lowest BCUT2D eigenvalue weighted by atomic mass is 9.77. The second-order valence-electron chi connectivity index (χ2n) is 8.39. The number of piperidine rings is 1. The fourth-order valence-electron chi connectivity index (χ4n) is 5.22. The van der Waals surface area contributed by atoms with Crippen molar-refractivity contribution < 1.29 is 0 Å². The molecular formula is C20H38N2. The first-order chi connectivity index (χ1) is 10.8. The smallest absolute Gasteiger partial charge is 0.0198 e. The van der Waals surface area contributed by atoms with Gasteiger partial charge in [0.25, 0.3) is 0 Å². The SMILES string of the molecule is CCC1CC(NCC2CCCC2)CN(C(CC)C2CCC2)C1. The maximum atomic E-state index is 3.97. The van der Waals surface area contributed by atoms with Crippen LogP contribution in [0, 0.1) is 17.8 Å². The van der Waals surface area contributed by atoms with Gasteiger partial charge in [-0.05, 0) is 62.8 Å². The molecule has 0 aromatic rings. The van der Waals surface area contributed by atoms with Crippen LogP contribution in [0.3, 0.4) is 0 Å². The van der Waals surface area contributed by atoms with Gasteiger partial charge < -0.3 is 5.32 Å². The van der Waals surface area contributed by atoms with Crippen molar-refractivity contribution >= 4 is 0 Å². The zero-order chi connectivity index (χ0) is 15.4. The Morgan fingerprint density at radius 3 is 2.32 bits per heavy atom. The highest BCUT2D eigenvalue weighted by Gasteiger charge is 2.35. The molecule has 0 amide bonds. The highest BCUT2D eigenvalue weighted by Crippen LogP contribution is 2.36. The summed E-state index contributed by atoms with van der Waals surface area (Å²) in [5.41, 5.74) is 0. The summed E-state index contributed by atoms with van der Waals surface area (Å²) in [5.74, 6) is 2.91. The van der Waals surface area contributed by atoms with Crippen LogP contribution in [0.5, 0.6) is 0 Å². The molecule has 0 bridgehead atoms. The van der Waals surface area contributed by atoms with Gasteiger partial charge in [-0.3, -0.25) is 4.90 Å². The highest BCUT2D eigenvalue weighted by molar-refractivity contribution is 4.91. The molecule has 0 aromatic carbocycles. The minimum atomic E-state index is 0.758. The van der Waals surface area contributed by atoms with Crippen LogP contribution < -0.4 is 5.32 Å². The van der Waals surface area contributed by atoms with Gasteiger partial charge in [-0.1, -0.05) is 39.5 Å². The summed E-state index contributed by atoms with van der Waals surface area (Å²) in [6.07, 6.45) is 14.5. The molecule has 2 aliphatic carbocycles. The maximum absolute atomic E-state index is 3.97. The molecule has 3 fully saturated rings. The van der Waals surface area contributed by atoms with Crippen molar-refractivity contribution in [2.75, 3.05) is 19.6 Å². The van der Waals surface area contributed by atoms with Gasteiger partial charge in [-0.25, -0.2) is 0 Å². The van der Waals surface area contributed by atoms with E-state index in [1.54, 1.807) is 0 Å². The predicted octanol–water partition coefficient (Wildman–Crippen LogP) is 4.45.